The molecule has 18 heavy (non-hydrogen) atoms. The Morgan fingerprint density at radius 3 is 2.72 bits per heavy atom. The smallest absolute Gasteiger partial charge is 0.220 e. The fourth-order valence-corrected chi connectivity index (χ4v) is 1.71. The second-order valence-corrected chi connectivity index (χ2v) is 4.40. The first kappa shape index (κ1) is 12.4. The molecular weight excluding hydrogens is 248 g/mol. The summed E-state index contributed by atoms with van der Waals surface area (Å²) in [6, 6.07) is 10.8. The second-order valence-electron chi connectivity index (χ2n) is 3.96. The van der Waals surface area contributed by atoms with Crippen LogP contribution in [0.5, 0.6) is 11.6 Å². The fraction of sp³-hybridized carbons (Fsp3) is 0.143. The van der Waals surface area contributed by atoms with Crippen molar-refractivity contribution in [3.8, 4) is 17.7 Å². The van der Waals surface area contributed by atoms with Crippen LogP contribution in [0.2, 0.25) is 5.02 Å². The lowest BCUT2D eigenvalue weighted by atomic mass is 10.2. The summed E-state index contributed by atoms with van der Waals surface area (Å²) in [6.07, 6.45) is 0. The van der Waals surface area contributed by atoms with E-state index in [4.69, 9.17) is 21.6 Å². The molecule has 0 N–H and O–H groups in total. The Kier molecular flexibility index (Phi) is 3.50. The number of halogens is 1. The number of nitriles is 1. The molecule has 2 rings (SSSR count). The molecule has 0 saturated carbocycles. The topological polar surface area (TPSA) is 45.9 Å². The zero-order valence-electron chi connectivity index (χ0n) is 10.1. The van der Waals surface area contributed by atoms with E-state index < -0.39 is 0 Å². The fourth-order valence-electron chi connectivity index (χ4n) is 1.55. The molecule has 1 aromatic heterocycles. The summed E-state index contributed by atoms with van der Waals surface area (Å²) >= 11 is 5.92. The zero-order valence-corrected chi connectivity index (χ0v) is 10.8. The lowest BCUT2D eigenvalue weighted by molar-refractivity contribution is 0.458. The zero-order chi connectivity index (χ0) is 13.1. The van der Waals surface area contributed by atoms with Crippen LogP contribution in [0.1, 0.15) is 16.8 Å². The van der Waals surface area contributed by atoms with Crippen LogP contribution in [0.15, 0.2) is 30.3 Å². The van der Waals surface area contributed by atoms with Gasteiger partial charge in [0.25, 0.3) is 0 Å². The highest BCUT2D eigenvalue weighted by atomic mass is 35.5. The summed E-state index contributed by atoms with van der Waals surface area (Å²) in [5.74, 6) is 1.04. The van der Waals surface area contributed by atoms with Gasteiger partial charge in [0.2, 0.25) is 5.88 Å². The minimum absolute atomic E-state index is 0.400. The van der Waals surface area contributed by atoms with Crippen LogP contribution in [-0.2, 0) is 0 Å². The molecule has 0 fully saturated rings. The molecule has 0 aliphatic carbocycles. The van der Waals surface area contributed by atoms with Gasteiger partial charge in [-0.3, -0.25) is 0 Å². The first-order chi connectivity index (χ1) is 8.58. The third-order valence-corrected chi connectivity index (χ3v) is 2.66. The summed E-state index contributed by atoms with van der Waals surface area (Å²) in [5.41, 5.74) is 2.22. The van der Waals surface area contributed by atoms with Crippen molar-refractivity contribution >= 4 is 11.6 Å². The van der Waals surface area contributed by atoms with Gasteiger partial charge in [0.05, 0.1) is 11.6 Å². The molecule has 0 bridgehead atoms. The highest BCUT2D eigenvalue weighted by Gasteiger charge is 2.05. The Balaban J connectivity index is 2.37. The Morgan fingerprint density at radius 2 is 2.00 bits per heavy atom. The van der Waals surface area contributed by atoms with Gasteiger partial charge in [-0.25, -0.2) is 4.98 Å². The lowest BCUT2D eigenvalue weighted by Crippen LogP contribution is -1.93. The number of aryl methyl sites for hydroxylation is 2. The largest absolute Gasteiger partial charge is 0.439 e. The third-order valence-electron chi connectivity index (χ3n) is 2.42. The normalized spacial score (nSPS) is 9.89. The highest BCUT2D eigenvalue weighted by molar-refractivity contribution is 6.30. The third kappa shape index (κ3) is 2.79. The molecule has 90 valence electrons. The van der Waals surface area contributed by atoms with Gasteiger partial charge >= 0.3 is 0 Å². The number of benzene rings is 1. The molecule has 4 heteroatoms. The number of hydrogen-bond donors (Lipinski definition) is 0. The SMILES string of the molecule is Cc1cc(C#N)cc(Oc2cc(Cl)ccc2C)n1. The van der Waals surface area contributed by atoms with Crippen LogP contribution in [0.25, 0.3) is 0 Å². The summed E-state index contributed by atoms with van der Waals surface area (Å²) < 4.78 is 5.67. The molecule has 1 aromatic carbocycles. The number of rotatable bonds is 2. The van der Waals surface area contributed by atoms with E-state index in [9.17, 15) is 0 Å². The maximum Gasteiger partial charge on any atom is 0.220 e. The van der Waals surface area contributed by atoms with E-state index in [1.54, 1.807) is 24.3 Å². The number of hydrogen-bond acceptors (Lipinski definition) is 3. The molecule has 0 radical (unpaired) electrons. The molecule has 1 heterocycles. The van der Waals surface area contributed by atoms with Crippen molar-refractivity contribution < 1.29 is 4.74 Å². The van der Waals surface area contributed by atoms with Crippen molar-refractivity contribution in [2.75, 3.05) is 0 Å². The first-order valence-corrected chi connectivity index (χ1v) is 5.79. The maximum atomic E-state index is 8.90. The number of pyridine rings is 1. The van der Waals surface area contributed by atoms with Crippen molar-refractivity contribution in [3.05, 3.63) is 52.2 Å². The Hall–Kier alpha value is -2.05. The monoisotopic (exact) mass is 258 g/mol. The molecule has 0 saturated heterocycles. The lowest BCUT2D eigenvalue weighted by Gasteiger charge is -2.09. The van der Waals surface area contributed by atoms with Gasteiger partial charge < -0.3 is 4.74 Å². The minimum atomic E-state index is 0.400. The van der Waals surface area contributed by atoms with Crippen LogP contribution < -0.4 is 4.74 Å². The number of ether oxygens (including phenoxy) is 1. The maximum absolute atomic E-state index is 8.90. The van der Waals surface area contributed by atoms with Gasteiger partial charge in [0, 0.05) is 16.8 Å². The quantitative estimate of drug-likeness (QED) is 0.817. The standard InChI is InChI=1S/C14H11ClN2O/c1-9-3-4-12(15)7-13(9)18-14-6-11(8-16)5-10(2)17-14/h3-7H,1-2H3. The molecule has 0 aliphatic heterocycles. The van der Waals surface area contributed by atoms with E-state index in [-0.39, 0.29) is 0 Å². The Morgan fingerprint density at radius 1 is 1.22 bits per heavy atom. The Bertz CT molecular complexity index is 632. The van der Waals surface area contributed by atoms with Crippen LogP contribution in [0.4, 0.5) is 0 Å². The van der Waals surface area contributed by atoms with Gasteiger partial charge in [-0.05, 0) is 37.6 Å². The van der Waals surface area contributed by atoms with E-state index in [2.05, 4.69) is 11.1 Å². The first-order valence-electron chi connectivity index (χ1n) is 5.41. The second kappa shape index (κ2) is 5.07. The summed E-state index contributed by atoms with van der Waals surface area (Å²) in [7, 11) is 0. The van der Waals surface area contributed by atoms with Crippen LogP contribution in [0.3, 0.4) is 0 Å². The molecule has 3 nitrogen and oxygen atoms in total. The average molecular weight is 259 g/mol. The van der Waals surface area contributed by atoms with Crippen molar-refractivity contribution in [2.45, 2.75) is 13.8 Å². The van der Waals surface area contributed by atoms with Gasteiger partial charge in [0.1, 0.15) is 5.75 Å². The summed E-state index contributed by atoms with van der Waals surface area (Å²) in [6.45, 7) is 3.74. The van der Waals surface area contributed by atoms with E-state index in [0.717, 1.165) is 11.3 Å². The van der Waals surface area contributed by atoms with Gasteiger partial charge in [-0.2, -0.15) is 5.26 Å². The van der Waals surface area contributed by atoms with Crippen LogP contribution >= 0.6 is 11.6 Å². The molecule has 2 aromatic rings. The van der Waals surface area contributed by atoms with Crippen LogP contribution in [0, 0.1) is 25.2 Å². The number of aromatic nitrogens is 1. The Labute approximate surface area is 111 Å². The molecule has 0 aliphatic rings. The van der Waals surface area contributed by atoms with Gasteiger partial charge in [-0.15, -0.1) is 0 Å². The van der Waals surface area contributed by atoms with Gasteiger partial charge in [-0.1, -0.05) is 17.7 Å². The van der Waals surface area contributed by atoms with Crippen molar-refractivity contribution in [1.29, 1.82) is 5.26 Å². The predicted octanol–water partition coefficient (Wildman–Crippen LogP) is 4.02. The van der Waals surface area contributed by atoms with Crippen molar-refractivity contribution in [3.63, 3.8) is 0 Å². The minimum Gasteiger partial charge on any atom is -0.439 e. The van der Waals surface area contributed by atoms with E-state index in [1.807, 2.05) is 19.9 Å². The van der Waals surface area contributed by atoms with Crippen molar-refractivity contribution in [2.24, 2.45) is 0 Å². The van der Waals surface area contributed by atoms with E-state index >= 15 is 0 Å². The van der Waals surface area contributed by atoms with E-state index in [1.165, 1.54) is 0 Å². The van der Waals surface area contributed by atoms with Crippen LogP contribution in [-0.4, -0.2) is 4.98 Å². The summed E-state index contributed by atoms with van der Waals surface area (Å²) in [4.78, 5) is 4.23. The molecule has 0 unspecified atom stereocenters. The average Bonchev–Trinajstić information content (AvgIpc) is 2.33. The van der Waals surface area contributed by atoms with E-state index in [0.29, 0.717) is 22.2 Å². The highest BCUT2D eigenvalue weighted by Crippen LogP contribution is 2.27. The number of nitrogens with zero attached hydrogens (tertiary/aromatic N) is 2. The summed E-state index contributed by atoms with van der Waals surface area (Å²) in [5, 5.41) is 9.50. The molecule has 0 atom stereocenters. The molecular formula is C14H11ClN2O. The predicted molar refractivity (Wildman–Crippen MR) is 70.0 cm³/mol. The van der Waals surface area contributed by atoms with Crippen molar-refractivity contribution in [1.82, 2.24) is 4.98 Å². The van der Waals surface area contributed by atoms with Gasteiger partial charge in [0.15, 0.2) is 0 Å². The molecule has 0 spiro atoms. The molecule has 0 amide bonds.